The van der Waals surface area contributed by atoms with Crippen LogP contribution < -0.4 is 14.8 Å². The first kappa shape index (κ1) is 23.7. The van der Waals surface area contributed by atoms with Gasteiger partial charge < -0.3 is 19.4 Å². The predicted octanol–water partition coefficient (Wildman–Crippen LogP) is 6.55. The summed E-state index contributed by atoms with van der Waals surface area (Å²) in [6.07, 6.45) is 3.87. The fraction of sp³-hybridized carbons (Fsp3) is 0.111. The third-order valence-corrected chi connectivity index (χ3v) is 7.47. The summed E-state index contributed by atoms with van der Waals surface area (Å²) in [5.41, 5.74) is 2.98. The third-order valence-electron chi connectivity index (χ3n) is 5.54. The largest absolute Gasteiger partial charge is 0.492 e. The molecule has 0 bridgehead atoms. The highest BCUT2D eigenvalue weighted by molar-refractivity contribution is 9.10. The van der Waals surface area contributed by atoms with Crippen molar-refractivity contribution in [1.29, 1.82) is 0 Å². The lowest BCUT2D eigenvalue weighted by atomic mass is 10.1. The number of benzene rings is 3. The summed E-state index contributed by atoms with van der Waals surface area (Å²) in [7, 11) is 0. The number of nitrogens with one attached hydrogen (secondary N) is 1. The summed E-state index contributed by atoms with van der Waals surface area (Å²) < 4.78 is 15.9. The van der Waals surface area contributed by atoms with Crippen molar-refractivity contribution in [1.82, 2.24) is 9.88 Å². The van der Waals surface area contributed by atoms with Crippen molar-refractivity contribution < 1.29 is 14.3 Å². The number of ether oxygens (including phenoxy) is 2. The van der Waals surface area contributed by atoms with Gasteiger partial charge in [-0.25, -0.2) is 0 Å². The number of nitrogens with zero attached hydrogens (tertiary/aromatic N) is 1. The molecule has 0 radical (unpaired) electrons. The molecular formula is C27H21BrN2O3S2. The number of thioether (sulfide) groups is 1. The number of halogens is 1. The third kappa shape index (κ3) is 5.61. The van der Waals surface area contributed by atoms with Crippen molar-refractivity contribution in [3.05, 3.63) is 99.5 Å². The van der Waals surface area contributed by atoms with Crippen molar-refractivity contribution in [2.75, 3.05) is 6.61 Å². The van der Waals surface area contributed by atoms with Crippen LogP contribution in [0.5, 0.6) is 11.5 Å². The number of carbonyl (C=O) groups excluding carboxylic acids is 1. The number of carbonyl (C=O) groups is 1. The van der Waals surface area contributed by atoms with Crippen LogP contribution >= 0.6 is 39.9 Å². The number of amides is 1. The molecule has 35 heavy (non-hydrogen) atoms. The number of rotatable bonds is 8. The van der Waals surface area contributed by atoms with Gasteiger partial charge in [-0.2, -0.15) is 0 Å². The molecule has 8 heteroatoms. The summed E-state index contributed by atoms with van der Waals surface area (Å²) in [5, 5.41) is 3.86. The van der Waals surface area contributed by atoms with Crippen LogP contribution in [0.15, 0.2) is 88.4 Å². The lowest BCUT2D eigenvalue weighted by Crippen LogP contribution is -2.17. The fourth-order valence-corrected chi connectivity index (χ4v) is 5.21. The van der Waals surface area contributed by atoms with Gasteiger partial charge in [0.2, 0.25) is 0 Å². The van der Waals surface area contributed by atoms with Crippen LogP contribution in [0, 0.1) is 0 Å². The van der Waals surface area contributed by atoms with Gasteiger partial charge in [-0.3, -0.25) is 4.79 Å². The predicted molar refractivity (Wildman–Crippen MR) is 149 cm³/mol. The second-order valence-electron chi connectivity index (χ2n) is 7.85. The van der Waals surface area contributed by atoms with Crippen LogP contribution in [0.25, 0.3) is 17.0 Å². The van der Waals surface area contributed by atoms with E-state index in [0.717, 1.165) is 22.1 Å². The van der Waals surface area contributed by atoms with Gasteiger partial charge in [0.05, 0.1) is 11.4 Å². The van der Waals surface area contributed by atoms with Gasteiger partial charge in [-0.15, -0.1) is 0 Å². The highest BCUT2D eigenvalue weighted by Crippen LogP contribution is 2.32. The van der Waals surface area contributed by atoms with E-state index in [1.807, 2.05) is 54.6 Å². The Morgan fingerprint density at radius 3 is 2.69 bits per heavy atom. The summed E-state index contributed by atoms with van der Waals surface area (Å²) in [4.78, 5) is 12.7. The van der Waals surface area contributed by atoms with Gasteiger partial charge in [-0.1, -0.05) is 76.3 Å². The van der Waals surface area contributed by atoms with Crippen LogP contribution in [0.1, 0.15) is 11.1 Å². The maximum atomic E-state index is 12.2. The summed E-state index contributed by atoms with van der Waals surface area (Å²) >= 11 is 9.93. The second-order valence-corrected chi connectivity index (χ2v) is 10.4. The molecule has 0 atom stereocenters. The summed E-state index contributed by atoms with van der Waals surface area (Å²) in [5.74, 6) is 1.13. The number of hydrogen-bond donors (Lipinski definition) is 1. The number of para-hydroxylation sites is 1. The number of fused-ring (bicyclic) bond motifs is 1. The zero-order valence-electron chi connectivity index (χ0n) is 18.6. The van der Waals surface area contributed by atoms with E-state index >= 15 is 0 Å². The monoisotopic (exact) mass is 564 g/mol. The fourth-order valence-electron chi connectivity index (χ4n) is 3.78. The van der Waals surface area contributed by atoms with E-state index in [4.69, 9.17) is 21.7 Å². The molecule has 2 heterocycles. The molecule has 5 nitrogen and oxygen atoms in total. The summed E-state index contributed by atoms with van der Waals surface area (Å²) in [6, 6.07) is 24.0. The molecule has 5 rings (SSSR count). The van der Waals surface area contributed by atoms with E-state index in [0.29, 0.717) is 33.9 Å². The molecule has 0 spiro atoms. The molecule has 1 amide bonds. The lowest BCUT2D eigenvalue weighted by molar-refractivity contribution is -0.115. The normalized spacial score (nSPS) is 14.5. The smallest absolute Gasteiger partial charge is 0.263 e. The van der Waals surface area contributed by atoms with E-state index in [2.05, 4.69) is 50.2 Å². The maximum Gasteiger partial charge on any atom is 0.263 e. The number of thiocarbonyl (C=S) groups is 1. The molecule has 1 fully saturated rings. The van der Waals surface area contributed by atoms with Crippen LogP contribution in [-0.2, 0) is 17.9 Å². The van der Waals surface area contributed by atoms with Crippen LogP contribution in [0.2, 0.25) is 0 Å². The molecule has 1 aliphatic rings. The van der Waals surface area contributed by atoms with Gasteiger partial charge in [0.15, 0.2) is 0 Å². The molecule has 1 N–H and O–H groups in total. The molecule has 3 aromatic carbocycles. The first-order valence-corrected chi connectivity index (χ1v) is 13.0. The van der Waals surface area contributed by atoms with Crippen molar-refractivity contribution >= 4 is 67.1 Å². The Bertz CT molecular complexity index is 1450. The van der Waals surface area contributed by atoms with E-state index < -0.39 is 0 Å². The molecule has 0 aliphatic carbocycles. The van der Waals surface area contributed by atoms with E-state index in [1.54, 1.807) is 6.08 Å². The molecule has 1 aromatic heterocycles. The Labute approximate surface area is 221 Å². The minimum atomic E-state index is -0.198. The average molecular weight is 566 g/mol. The number of aromatic nitrogens is 1. The van der Waals surface area contributed by atoms with Crippen molar-refractivity contribution in [3.8, 4) is 11.5 Å². The minimum absolute atomic E-state index is 0.198. The van der Waals surface area contributed by atoms with Crippen LogP contribution in [0.4, 0.5) is 0 Å². The molecule has 0 saturated carbocycles. The van der Waals surface area contributed by atoms with Gasteiger partial charge in [-0.05, 0) is 41.8 Å². The van der Waals surface area contributed by atoms with Crippen molar-refractivity contribution in [2.45, 2.75) is 13.2 Å². The molecule has 0 unspecified atom stereocenters. The zero-order chi connectivity index (χ0) is 24.2. The Kier molecular flexibility index (Phi) is 7.22. The van der Waals surface area contributed by atoms with Gasteiger partial charge in [0.1, 0.15) is 29.0 Å². The molecule has 1 aliphatic heterocycles. The first-order valence-electron chi connectivity index (χ1n) is 11.0. The zero-order valence-corrected chi connectivity index (χ0v) is 21.8. The highest BCUT2D eigenvalue weighted by atomic mass is 79.9. The van der Waals surface area contributed by atoms with Gasteiger partial charge in [0, 0.05) is 33.4 Å². The van der Waals surface area contributed by atoms with Crippen LogP contribution in [-0.4, -0.2) is 21.4 Å². The van der Waals surface area contributed by atoms with Gasteiger partial charge in [0.25, 0.3) is 5.91 Å². The summed E-state index contributed by atoms with van der Waals surface area (Å²) in [6.45, 7) is 1.60. The SMILES string of the molecule is O=C1NC(=S)S/C1=C\c1ccc(OCCn2ccc3ccccc32)cc1OCc1ccccc1Br. The standard InChI is InChI=1S/C27H21BrN2O3S2/c28-22-7-3-1-6-20(22)17-33-24-16-21(10-9-19(24)15-25-26(31)29-27(34)35-25)32-14-13-30-12-11-18-5-2-4-8-23(18)30/h1-12,15-16H,13-14,17H2,(H,29,31,34)/b25-15-. The minimum Gasteiger partial charge on any atom is -0.492 e. The molecule has 4 aromatic rings. The van der Waals surface area contributed by atoms with E-state index in [1.165, 1.54) is 22.7 Å². The molecule has 176 valence electrons. The Balaban J connectivity index is 1.35. The lowest BCUT2D eigenvalue weighted by Gasteiger charge is -2.14. The van der Waals surface area contributed by atoms with Crippen molar-refractivity contribution in [2.24, 2.45) is 0 Å². The second kappa shape index (κ2) is 10.7. The topological polar surface area (TPSA) is 52.5 Å². The maximum absolute atomic E-state index is 12.2. The number of hydrogen-bond acceptors (Lipinski definition) is 5. The van der Waals surface area contributed by atoms with Crippen molar-refractivity contribution in [3.63, 3.8) is 0 Å². The quantitative estimate of drug-likeness (QED) is 0.194. The van der Waals surface area contributed by atoms with E-state index in [9.17, 15) is 4.79 Å². The Morgan fingerprint density at radius 1 is 1.03 bits per heavy atom. The molecule has 1 saturated heterocycles. The van der Waals surface area contributed by atoms with Crippen LogP contribution in [0.3, 0.4) is 0 Å². The average Bonchev–Trinajstić information content (AvgIpc) is 3.41. The Hall–Kier alpha value is -3.07. The van der Waals surface area contributed by atoms with E-state index in [-0.39, 0.29) is 5.91 Å². The Morgan fingerprint density at radius 2 is 1.86 bits per heavy atom. The van der Waals surface area contributed by atoms with Gasteiger partial charge >= 0.3 is 0 Å². The molecular weight excluding hydrogens is 544 g/mol. The first-order chi connectivity index (χ1) is 17.1. The highest BCUT2D eigenvalue weighted by Gasteiger charge is 2.22.